The fourth-order valence-electron chi connectivity index (χ4n) is 2.10. The van der Waals surface area contributed by atoms with Crippen LogP contribution in [0.5, 0.6) is 0 Å². The number of piperazine rings is 1. The number of halogens is 1. The molecule has 114 valence electrons. The van der Waals surface area contributed by atoms with Crippen molar-refractivity contribution < 1.29 is 13.2 Å². The van der Waals surface area contributed by atoms with Crippen molar-refractivity contribution in [1.29, 1.82) is 0 Å². The highest BCUT2D eigenvalue weighted by Gasteiger charge is 2.29. The lowest BCUT2D eigenvalue weighted by Gasteiger charge is -2.33. The molecule has 1 aliphatic heterocycles. The lowest BCUT2D eigenvalue weighted by atomic mass is 10.3. The molecule has 2 heterocycles. The number of thiophene rings is 1. The van der Waals surface area contributed by atoms with Crippen molar-refractivity contribution in [2.75, 3.05) is 45.9 Å². The maximum absolute atomic E-state index is 12.4. The van der Waals surface area contributed by atoms with Gasteiger partial charge in [-0.25, -0.2) is 8.42 Å². The summed E-state index contributed by atoms with van der Waals surface area (Å²) in [6.07, 6.45) is 0. The molecule has 8 heteroatoms. The highest BCUT2D eigenvalue weighted by Crippen LogP contribution is 2.28. The smallest absolute Gasteiger partial charge is 0.252 e. The second-order valence-corrected chi connectivity index (χ2v) is 9.13. The third kappa shape index (κ3) is 4.02. The van der Waals surface area contributed by atoms with Gasteiger partial charge in [-0.05, 0) is 35.0 Å². The summed E-state index contributed by atoms with van der Waals surface area (Å²) in [5.74, 6) is 0. The topological polar surface area (TPSA) is 49.9 Å². The molecule has 0 radical (unpaired) electrons. The second kappa shape index (κ2) is 7.33. The SMILES string of the molecule is CCOCCN1CCN(S(=O)(=O)c2ccc(Br)s2)CC1. The predicted octanol–water partition coefficient (Wildman–Crippen LogP) is 1.85. The van der Waals surface area contributed by atoms with Gasteiger partial charge in [0.05, 0.1) is 10.4 Å². The van der Waals surface area contributed by atoms with Gasteiger partial charge in [-0.1, -0.05) is 0 Å². The van der Waals surface area contributed by atoms with Gasteiger partial charge in [-0.3, -0.25) is 4.90 Å². The Kier molecular flexibility index (Phi) is 6.00. The molecule has 5 nitrogen and oxygen atoms in total. The Morgan fingerprint density at radius 2 is 2.00 bits per heavy atom. The first-order valence-electron chi connectivity index (χ1n) is 6.59. The molecule has 0 amide bonds. The molecule has 2 rings (SSSR count). The molecule has 1 aromatic heterocycles. The number of nitrogens with zero attached hydrogens (tertiary/aromatic N) is 2. The van der Waals surface area contributed by atoms with Crippen LogP contribution in [-0.4, -0.2) is 63.6 Å². The van der Waals surface area contributed by atoms with Crippen molar-refractivity contribution in [3.8, 4) is 0 Å². The number of hydrogen-bond donors (Lipinski definition) is 0. The van der Waals surface area contributed by atoms with Crippen molar-refractivity contribution in [1.82, 2.24) is 9.21 Å². The maximum Gasteiger partial charge on any atom is 0.252 e. The van der Waals surface area contributed by atoms with E-state index in [0.717, 1.165) is 30.0 Å². The summed E-state index contributed by atoms with van der Waals surface area (Å²) in [6, 6.07) is 3.43. The Morgan fingerprint density at radius 3 is 2.55 bits per heavy atom. The largest absolute Gasteiger partial charge is 0.380 e. The first-order chi connectivity index (χ1) is 9.54. The van der Waals surface area contributed by atoms with Crippen LogP contribution in [0.15, 0.2) is 20.1 Å². The van der Waals surface area contributed by atoms with Crippen molar-refractivity contribution in [3.05, 3.63) is 15.9 Å². The highest BCUT2D eigenvalue weighted by atomic mass is 79.9. The highest BCUT2D eigenvalue weighted by molar-refractivity contribution is 9.11. The van der Waals surface area contributed by atoms with Crippen LogP contribution in [0.1, 0.15) is 6.92 Å². The van der Waals surface area contributed by atoms with Gasteiger partial charge in [0, 0.05) is 39.3 Å². The molecular formula is C12H19BrN2O3S2. The summed E-state index contributed by atoms with van der Waals surface area (Å²) in [5, 5.41) is 0. The quantitative estimate of drug-likeness (QED) is 0.704. The van der Waals surface area contributed by atoms with Crippen LogP contribution in [0.25, 0.3) is 0 Å². The molecular weight excluding hydrogens is 364 g/mol. The summed E-state index contributed by atoms with van der Waals surface area (Å²) >= 11 is 4.57. The first-order valence-corrected chi connectivity index (χ1v) is 9.64. The molecule has 1 saturated heterocycles. The Bertz CT molecular complexity index is 525. The van der Waals surface area contributed by atoms with Crippen LogP contribution in [-0.2, 0) is 14.8 Å². The molecule has 0 saturated carbocycles. The van der Waals surface area contributed by atoms with Crippen LogP contribution in [0, 0.1) is 0 Å². The van der Waals surface area contributed by atoms with E-state index >= 15 is 0 Å². The van der Waals surface area contributed by atoms with Gasteiger partial charge in [-0.15, -0.1) is 11.3 Å². The van der Waals surface area contributed by atoms with Gasteiger partial charge in [0.2, 0.25) is 0 Å². The number of sulfonamides is 1. The van der Waals surface area contributed by atoms with Crippen LogP contribution >= 0.6 is 27.3 Å². The van der Waals surface area contributed by atoms with E-state index in [2.05, 4.69) is 20.8 Å². The minimum absolute atomic E-state index is 0.409. The number of ether oxygens (including phenoxy) is 1. The third-order valence-corrected chi connectivity index (χ3v) is 7.22. The van der Waals surface area contributed by atoms with Crippen LogP contribution in [0.4, 0.5) is 0 Å². The van der Waals surface area contributed by atoms with Crippen LogP contribution in [0.2, 0.25) is 0 Å². The van der Waals surface area contributed by atoms with E-state index in [9.17, 15) is 8.42 Å². The van der Waals surface area contributed by atoms with E-state index in [1.807, 2.05) is 6.92 Å². The standard InChI is InChI=1S/C12H19BrN2O3S2/c1-2-18-10-9-14-5-7-15(8-6-14)20(16,17)12-4-3-11(13)19-12/h3-4H,2,5-10H2,1H3. The molecule has 1 aliphatic rings. The average molecular weight is 383 g/mol. The maximum atomic E-state index is 12.4. The summed E-state index contributed by atoms with van der Waals surface area (Å²) in [7, 11) is -3.33. The minimum Gasteiger partial charge on any atom is -0.380 e. The Labute approximate surface area is 132 Å². The summed E-state index contributed by atoms with van der Waals surface area (Å²) in [4.78, 5) is 2.24. The van der Waals surface area contributed by atoms with E-state index in [-0.39, 0.29) is 0 Å². The molecule has 0 spiro atoms. The van der Waals surface area contributed by atoms with E-state index in [1.54, 1.807) is 16.4 Å². The average Bonchev–Trinajstić information content (AvgIpc) is 2.87. The van der Waals surface area contributed by atoms with Crippen molar-refractivity contribution in [3.63, 3.8) is 0 Å². The van der Waals surface area contributed by atoms with Gasteiger partial charge < -0.3 is 4.74 Å². The van der Waals surface area contributed by atoms with Crippen molar-refractivity contribution >= 4 is 37.3 Å². The second-order valence-electron chi connectivity index (χ2n) is 4.50. The summed E-state index contributed by atoms with van der Waals surface area (Å²) < 4.78 is 33.0. The fourth-order valence-corrected chi connectivity index (χ4v) is 5.68. The summed E-state index contributed by atoms with van der Waals surface area (Å²) in [6.45, 7) is 6.89. The molecule has 0 unspecified atom stereocenters. The molecule has 0 aromatic carbocycles. The molecule has 0 atom stereocenters. The molecule has 0 aliphatic carbocycles. The fraction of sp³-hybridized carbons (Fsp3) is 0.667. The monoisotopic (exact) mass is 382 g/mol. The molecule has 0 N–H and O–H groups in total. The van der Waals surface area contributed by atoms with Gasteiger partial charge in [0.25, 0.3) is 10.0 Å². The predicted molar refractivity (Wildman–Crippen MR) is 83.7 cm³/mol. The van der Waals surface area contributed by atoms with Crippen molar-refractivity contribution in [2.24, 2.45) is 0 Å². The van der Waals surface area contributed by atoms with E-state index in [0.29, 0.717) is 23.9 Å². The lowest BCUT2D eigenvalue weighted by Crippen LogP contribution is -2.49. The molecule has 20 heavy (non-hydrogen) atoms. The van der Waals surface area contributed by atoms with E-state index in [4.69, 9.17) is 4.74 Å². The zero-order valence-corrected chi connectivity index (χ0v) is 14.6. The Hall–Kier alpha value is 0.01000. The molecule has 0 bridgehead atoms. The molecule has 1 fully saturated rings. The number of hydrogen-bond acceptors (Lipinski definition) is 5. The summed E-state index contributed by atoms with van der Waals surface area (Å²) in [5.41, 5.74) is 0. The Morgan fingerprint density at radius 1 is 1.30 bits per heavy atom. The van der Waals surface area contributed by atoms with Crippen LogP contribution in [0.3, 0.4) is 0 Å². The Balaban J connectivity index is 1.90. The van der Waals surface area contributed by atoms with Gasteiger partial charge in [0.15, 0.2) is 0 Å². The zero-order chi connectivity index (χ0) is 14.6. The van der Waals surface area contributed by atoms with E-state index in [1.165, 1.54) is 11.3 Å². The first kappa shape index (κ1) is 16.4. The normalized spacial score (nSPS) is 18.5. The number of rotatable bonds is 6. The lowest BCUT2D eigenvalue weighted by molar-refractivity contribution is 0.0979. The van der Waals surface area contributed by atoms with Crippen molar-refractivity contribution in [2.45, 2.75) is 11.1 Å². The van der Waals surface area contributed by atoms with Gasteiger partial charge >= 0.3 is 0 Å². The van der Waals surface area contributed by atoms with Gasteiger partial charge in [-0.2, -0.15) is 4.31 Å². The van der Waals surface area contributed by atoms with E-state index < -0.39 is 10.0 Å². The zero-order valence-electron chi connectivity index (χ0n) is 11.4. The van der Waals surface area contributed by atoms with Gasteiger partial charge in [0.1, 0.15) is 4.21 Å². The third-order valence-electron chi connectivity index (χ3n) is 3.23. The minimum atomic E-state index is -3.33. The van der Waals surface area contributed by atoms with Crippen LogP contribution < -0.4 is 0 Å². The molecule has 1 aromatic rings.